The SMILES string of the molecule is NC(=O)N1CCC2(CC1)CCN(C(N)=O)CC2. The van der Waals surface area contributed by atoms with Gasteiger partial charge in [-0.3, -0.25) is 0 Å². The van der Waals surface area contributed by atoms with Gasteiger partial charge in [-0.15, -0.1) is 0 Å². The van der Waals surface area contributed by atoms with Crippen molar-refractivity contribution in [3.05, 3.63) is 0 Å². The molecule has 0 atom stereocenters. The first kappa shape index (κ1) is 12.0. The van der Waals surface area contributed by atoms with Gasteiger partial charge in [0.2, 0.25) is 0 Å². The first-order valence-electron chi connectivity index (χ1n) is 6.11. The smallest absolute Gasteiger partial charge is 0.314 e. The van der Waals surface area contributed by atoms with E-state index in [9.17, 15) is 9.59 Å². The van der Waals surface area contributed by atoms with Gasteiger partial charge in [0, 0.05) is 26.2 Å². The van der Waals surface area contributed by atoms with Crippen molar-refractivity contribution in [2.75, 3.05) is 26.2 Å². The Hall–Kier alpha value is -1.46. The highest BCUT2D eigenvalue weighted by atomic mass is 16.2. The number of nitrogens with zero attached hydrogens (tertiary/aromatic N) is 2. The normalized spacial score (nSPS) is 23.8. The van der Waals surface area contributed by atoms with Gasteiger partial charge in [-0.1, -0.05) is 0 Å². The van der Waals surface area contributed by atoms with Crippen LogP contribution in [0.2, 0.25) is 0 Å². The van der Waals surface area contributed by atoms with Crippen molar-refractivity contribution in [3.63, 3.8) is 0 Å². The summed E-state index contributed by atoms with van der Waals surface area (Å²) in [6.45, 7) is 2.97. The number of amides is 4. The lowest BCUT2D eigenvalue weighted by atomic mass is 9.71. The molecule has 0 unspecified atom stereocenters. The molecule has 4 N–H and O–H groups in total. The van der Waals surface area contributed by atoms with Crippen LogP contribution in [-0.4, -0.2) is 48.0 Å². The Morgan fingerprint density at radius 3 is 1.29 bits per heavy atom. The van der Waals surface area contributed by atoms with E-state index >= 15 is 0 Å². The van der Waals surface area contributed by atoms with Gasteiger partial charge in [0.25, 0.3) is 0 Å². The van der Waals surface area contributed by atoms with Gasteiger partial charge >= 0.3 is 12.1 Å². The number of rotatable bonds is 0. The summed E-state index contributed by atoms with van der Waals surface area (Å²) in [5.41, 5.74) is 10.8. The summed E-state index contributed by atoms with van der Waals surface area (Å²) >= 11 is 0. The Balaban J connectivity index is 1.88. The van der Waals surface area contributed by atoms with Crippen molar-refractivity contribution in [3.8, 4) is 0 Å². The number of urea groups is 2. The lowest BCUT2D eigenvalue weighted by Gasteiger charge is -2.46. The summed E-state index contributed by atoms with van der Waals surface area (Å²) in [7, 11) is 0. The van der Waals surface area contributed by atoms with Crippen molar-refractivity contribution in [1.82, 2.24) is 9.80 Å². The van der Waals surface area contributed by atoms with Crippen molar-refractivity contribution in [1.29, 1.82) is 0 Å². The Morgan fingerprint density at radius 1 is 0.765 bits per heavy atom. The van der Waals surface area contributed by atoms with Crippen LogP contribution < -0.4 is 11.5 Å². The fourth-order valence-electron chi connectivity index (χ4n) is 2.90. The summed E-state index contributed by atoms with van der Waals surface area (Å²) in [4.78, 5) is 25.5. The van der Waals surface area contributed by atoms with E-state index in [1.807, 2.05) is 0 Å². The molecule has 6 nitrogen and oxygen atoms in total. The number of likely N-dealkylation sites (tertiary alicyclic amines) is 2. The predicted molar refractivity (Wildman–Crippen MR) is 63.2 cm³/mol. The second-order valence-corrected chi connectivity index (χ2v) is 5.15. The van der Waals surface area contributed by atoms with Crippen molar-refractivity contribution >= 4 is 12.1 Å². The van der Waals surface area contributed by atoms with Crippen LogP contribution in [0.3, 0.4) is 0 Å². The summed E-state index contributed by atoms with van der Waals surface area (Å²) < 4.78 is 0. The van der Waals surface area contributed by atoms with E-state index in [-0.39, 0.29) is 17.5 Å². The predicted octanol–water partition coefficient (Wildman–Crippen LogP) is 0.322. The van der Waals surface area contributed by atoms with Crippen LogP contribution in [0.5, 0.6) is 0 Å². The monoisotopic (exact) mass is 240 g/mol. The summed E-state index contributed by atoms with van der Waals surface area (Å²) in [6.07, 6.45) is 3.95. The van der Waals surface area contributed by atoms with E-state index in [0.717, 1.165) is 51.9 Å². The van der Waals surface area contributed by atoms with Gasteiger partial charge in [-0.05, 0) is 31.1 Å². The van der Waals surface area contributed by atoms with E-state index in [0.29, 0.717) is 0 Å². The molecule has 0 aliphatic carbocycles. The zero-order valence-electron chi connectivity index (χ0n) is 10.0. The molecule has 0 radical (unpaired) electrons. The standard InChI is InChI=1S/C11H20N4O2/c12-9(16)14-5-1-11(2-6-14)3-7-15(8-4-11)10(13)17/h1-8H2,(H2,12,16)(H2,13,17). The molecule has 4 amide bonds. The third-order valence-corrected chi connectivity index (χ3v) is 4.27. The highest BCUT2D eigenvalue weighted by Crippen LogP contribution is 2.41. The average Bonchev–Trinajstić information content (AvgIpc) is 2.30. The van der Waals surface area contributed by atoms with E-state index in [1.165, 1.54) is 0 Å². The Kier molecular flexibility index (Phi) is 3.13. The number of hydrogen-bond acceptors (Lipinski definition) is 2. The highest BCUT2D eigenvalue weighted by molar-refractivity contribution is 5.72. The lowest BCUT2D eigenvalue weighted by molar-refractivity contribution is 0.0593. The van der Waals surface area contributed by atoms with Gasteiger partial charge in [0.05, 0.1) is 0 Å². The summed E-state index contributed by atoms with van der Waals surface area (Å²) in [6, 6.07) is -0.649. The van der Waals surface area contributed by atoms with Crippen molar-refractivity contribution in [2.24, 2.45) is 16.9 Å². The van der Waals surface area contributed by atoms with Crippen LogP contribution in [0.25, 0.3) is 0 Å². The molecule has 2 saturated heterocycles. The molecule has 1 spiro atoms. The number of hydrogen-bond donors (Lipinski definition) is 2. The summed E-state index contributed by atoms with van der Waals surface area (Å²) in [5, 5.41) is 0. The van der Waals surface area contributed by atoms with Gasteiger partial charge in [-0.2, -0.15) is 0 Å². The largest absolute Gasteiger partial charge is 0.351 e. The molecule has 2 heterocycles. The van der Waals surface area contributed by atoms with E-state index in [2.05, 4.69) is 0 Å². The average molecular weight is 240 g/mol. The van der Waals surface area contributed by atoms with E-state index < -0.39 is 0 Å². The van der Waals surface area contributed by atoms with Crippen LogP contribution >= 0.6 is 0 Å². The molecule has 96 valence electrons. The molecule has 0 saturated carbocycles. The quantitative estimate of drug-likeness (QED) is 0.638. The van der Waals surface area contributed by atoms with Gasteiger partial charge < -0.3 is 21.3 Å². The fraction of sp³-hybridized carbons (Fsp3) is 0.818. The van der Waals surface area contributed by atoms with Gasteiger partial charge in [0.15, 0.2) is 0 Å². The highest BCUT2D eigenvalue weighted by Gasteiger charge is 2.38. The first-order chi connectivity index (χ1) is 8.02. The Labute approximate surface area is 101 Å². The minimum atomic E-state index is -0.325. The van der Waals surface area contributed by atoms with E-state index in [4.69, 9.17) is 11.5 Å². The minimum absolute atomic E-state index is 0.290. The molecule has 6 heteroatoms. The molecule has 2 aliphatic heterocycles. The molecule has 2 fully saturated rings. The molecule has 0 bridgehead atoms. The fourth-order valence-corrected chi connectivity index (χ4v) is 2.90. The number of nitrogens with two attached hydrogens (primary N) is 2. The number of carbonyl (C=O) groups excluding carboxylic acids is 2. The molecular weight excluding hydrogens is 220 g/mol. The van der Waals surface area contributed by atoms with Crippen LogP contribution in [0.15, 0.2) is 0 Å². The molecule has 0 aromatic rings. The molecule has 2 rings (SSSR count). The summed E-state index contributed by atoms with van der Waals surface area (Å²) in [5.74, 6) is 0. The molecule has 17 heavy (non-hydrogen) atoms. The third kappa shape index (κ3) is 2.45. The van der Waals surface area contributed by atoms with Crippen LogP contribution in [0.1, 0.15) is 25.7 Å². The maximum Gasteiger partial charge on any atom is 0.314 e. The van der Waals surface area contributed by atoms with Crippen LogP contribution in [-0.2, 0) is 0 Å². The lowest BCUT2D eigenvalue weighted by Crippen LogP contribution is -2.51. The number of primary amides is 2. The van der Waals surface area contributed by atoms with Crippen molar-refractivity contribution in [2.45, 2.75) is 25.7 Å². The topological polar surface area (TPSA) is 92.7 Å². The van der Waals surface area contributed by atoms with Gasteiger partial charge in [0.1, 0.15) is 0 Å². The Bertz CT molecular complexity index is 280. The maximum absolute atomic E-state index is 11.0. The van der Waals surface area contributed by atoms with E-state index in [1.54, 1.807) is 9.80 Å². The number of piperidine rings is 2. The van der Waals surface area contributed by atoms with Gasteiger partial charge in [-0.25, -0.2) is 9.59 Å². The molecule has 0 aromatic carbocycles. The minimum Gasteiger partial charge on any atom is -0.351 e. The Morgan fingerprint density at radius 2 is 1.06 bits per heavy atom. The van der Waals surface area contributed by atoms with Crippen LogP contribution in [0, 0.1) is 5.41 Å². The second kappa shape index (κ2) is 4.43. The molecular formula is C11H20N4O2. The first-order valence-corrected chi connectivity index (χ1v) is 6.11. The number of carbonyl (C=O) groups is 2. The van der Waals surface area contributed by atoms with Crippen molar-refractivity contribution < 1.29 is 9.59 Å². The zero-order chi connectivity index (χ0) is 12.5. The van der Waals surface area contributed by atoms with Crippen LogP contribution in [0.4, 0.5) is 9.59 Å². The second-order valence-electron chi connectivity index (χ2n) is 5.15. The molecule has 0 aromatic heterocycles. The maximum atomic E-state index is 11.0. The molecule has 2 aliphatic rings. The zero-order valence-corrected chi connectivity index (χ0v) is 10.0. The third-order valence-electron chi connectivity index (χ3n) is 4.27.